The van der Waals surface area contributed by atoms with Crippen LogP contribution in [0.25, 0.3) is 0 Å². The van der Waals surface area contributed by atoms with E-state index in [1.807, 2.05) is 0 Å². The van der Waals surface area contributed by atoms with Crippen LogP contribution in [0.2, 0.25) is 10.0 Å². The van der Waals surface area contributed by atoms with E-state index < -0.39 is 5.79 Å². The van der Waals surface area contributed by atoms with Crippen molar-refractivity contribution in [2.75, 3.05) is 5.88 Å². The van der Waals surface area contributed by atoms with Crippen molar-refractivity contribution in [1.82, 2.24) is 0 Å². The molecule has 18 heavy (non-hydrogen) atoms. The van der Waals surface area contributed by atoms with E-state index in [4.69, 9.17) is 44.3 Å². The average molecular weight is 308 g/mol. The van der Waals surface area contributed by atoms with Gasteiger partial charge in [-0.3, -0.25) is 0 Å². The first-order valence-electron chi connectivity index (χ1n) is 5.68. The van der Waals surface area contributed by atoms with Crippen molar-refractivity contribution in [3.63, 3.8) is 0 Å². The van der Waals surface area contributed by atoms with Gasteiger partial charge in [-0.2, -0.15) is 0 Å². The van der Waals surface area contributed by atoms with Crippen LogP contribution >= 0.6 is 34.8 Å². The standard InChI is InChI=1S/C13H13Cl3O2/c1-2-3-10-7-17-13(8-14,18-10)11-5-4-9(15)6-12(11)16/h4-7H,2-3,8H2,1H3. The number of hydrogen-bond acceptors (Lipinski definition) is 2. The van der Waals surface area contributed by atoms with Gasteiger partial charge in [0.15, 0.2) is 0 Å². The van der Waals surface area contributed by atoms with Gasteiger partial charge in [-0.15, -0.1) is 11.6 Å². The van der Waals surface area contributed by atoms with Crippen molar-refractivity contribution >= 4 is 34.8 Å². The van der Waals surface area contributed by atoms with E-state index in [1.165, 1.54) is 0 Å². The monoisotopic (exact) mass is 306 g/mol. The lowest BCUT2D eigenvalue weighted by molar-refractivity contribution is -0.138. The van der Waals surface area contributed by atoms with Crippen LogP contribution in [0, 0.1) is 0 Å². The molecule has 0 saturated carbocycles. The van der Waals surface area contributed by atoms with Crippen molar-refractivity contribution in [2.24, 2.45) is 0 Å². The molecule has 5 heteroatoms. The van der Waals surface area contributed by atoms with Crippen molar-refractivity contribution in [3.8, 4) is 0 Å². The van der Waals surface area contributed by atoms with Crippen LogP contribution in [-0.4, -0.2) is 5.88 Å². The van der Waals surface area contributed by atoms with Crippen LogP contribution in [0.3, 0.4) is 0 Å². The molecule has 0 radical (unpaired) electrons. The molecule has 98 valence electrons. The summed E-state index contributed by atoms with van der Waals surface area (Å²) in [6.07, 6.45) is 3.39. The summed E-state index contributed by atoms with van der Waals surface area (Å²) in [6.45, 7) is 2.07. The largest absolute Gasteiger partial charge is 0.451 e. The van der Waals surface area contributed by atoms with Gasteiger partial charge in [0.25, 0.3) is 5.79 Å². The molecule has 0 fully saturated rings. The van der Waals surface area contributed by atoms with Gasteiger partial charge in [-0.25, -0.2) is 0 Å². The summed E-state index contributed by atoms with van der Waals surface area (Å²) in [7, 11) is 0. The van der Waals surface area contributed by atoms with E-state index in [2.05, 4.69) is 6.92 Å². The number of hydrogen-bond donors (Lipinski definition) is 0. The lowest BCUT2D eigenvalue weighted by Gasteiger charge is -2.27. The molecular formula is C13H13Cl3O2. The fraction of sp³-hybridized carbons (Fsp3) is 0.385. The van der Waals surface area contributed by atoms with Gasteiger partial charge in [-0.1, -0.05) is 30.1 Å². The van der Waals surface area contributed by atoms with Crippen molar-refractivity contribution in [2.45, 2.75) is 25.6 Å². The minimum Gasteiger partial charge on any atom is -0.451 e. The summed E-state index contributed by atoms with van der Waals surface area (Å²) in [6, 6.07) is 5.16. The van der Waals surface area contributed by atoms with E-state index in [0.717, 1.165) is 18.6 Å². The molecule has 1 atom stereocenters. The lowest BCUT2D eigenvalue weighted by atomic mass is 10.1. The Morgan fingerprint density at radius 3 is 2.67 bits per heavy atom. The van der Waals surface area contributed by atoms with E-state index >= 15 is 0 Å². The van der Waals surface area contributed by atoms with Crippen LogP contribution in [0.15, 0.2) is 30.2 Å². The minimum atomic E-state index is -1.03. The Balaban J connectivity index is 2.30. The van der Waals surface area contributed by atoms with Gasteiger partial charge in [-0.05, 0) is 24.6 Å². The third-order valence-electron chi connectivity index (χ3n) is 2.69. The van der Waals surface area contributed by atoms with Crippen molar-refractivity contribution in [1.29, 1.82) is 0 Å². The second-order valence-corrected chi connectivity index (χ2v) is 5.18. The SMILES string of the molecule is CCCC1=COC(CCl)(c2ccc(Cl)cc2Cl)O1. The molecule has 0 aromatic heterocycles. The summed E-state index contributed by atoms with van der Waals surface area (Å²) in [5, 5.41) is 1.04. The fourth-order valence-electron chi connectivity index (χ4n) is 1.82. The van der Waals surface area contributed by atoms with Gasteiger partial charge >= 0.3 is 0 Å². The highest BCUT2D eigenvalue weighted by molar-refractivity contribution is 6.35. The van der Waals surface area contributed by atoms with Gasteiger partial charge in [0.05, 0.1) is 10.6 Å². The Morgan fingerprint density at radius 1 is 1.28 bits per heavy atom. The van der Waals surface area contributed by atoms with Crippen LogP contribution in [0.4, 0.5) is 0 Å². The van der Waals surface area contributed by atoms with E-state index in [-0.39, 0.29) is 5.88 Å². The number of halogens is 3. The first-order chi connectivity index (χ1) is 8.61. The second-order valence-electron chi connectivity index (χ2n) is 4.06. The summed E-state index contributed by atoms with van der Waals surface area (Å²) in [5.41, 5.74) is 0.686. The zero-order valence-electron chi connectivity index (χ0n) is 9.88. The summed E-state index contributed by atoms with van der Waals surface area (Å²) < 4.78 is 11.4. The van der Waals surface area contributed by atoms with Crippen molar-refractivity contribution < 1.29 is 9.47 Å². The first kappa shape index (κ1) is 13.9. The van der Waals surface area contributed by atoms with E-state index in [0.29, 0.717) is 15.6 Å². The zero-order chi connectivity index (χ0) is 13.2. The maximum atomic E-state index is 6.18. The topological polar surface area (TPSA) is 18.5 Å². The molecule has 1 heterocycles. The highest BCUT2D eigenvalue weighted by Crippen LogP contribution is 2.41. The average Bonchev–Trinajstić information content (AvgIpc) is 2.74. The normalized spacial score (nSPS) is 22.3. The maximum absolute atomic E-state index is 6.18. The molecule has 1 aromatic rings. The number of benzene rings is 1. The molecule has 0 aliphatic carbocycles. The molecule has 1 aliphatic heterocycles. The number of allylic oxidation sites excluding steroid dienone is 1. The van der Waals surface area contributed by atoms with E-state index in [9.17, 15) is 0 Å². The highest BCUT2D eigenvalue weighted by atomic mass is 35.5. The summed E-state index contributed by atoms with van der Waals surface area (Å²) >= 11 is 18.1. The van der Waals surface area contributed by atoms with Crippen LogP contribution in [0.5, 0.6) is 0 Å². The van der Waals surface area contributed by atoms with Crippen LogP contribution < -0.4 is 0 Å². The molecule has 1 unspecified atom stereocenters. The Morgan fingerprint density at radius 2 is 2.06 bits per heavy atom. The Labute approximate surface area is 121 Å². The molecular weight excluding hydrogens is 294 g/mol. The number of rotatable bonds is 4. The zero-order valence-corrected chi connectivity index (χ0v) is 12.1. The molecule has 0 N–H and O–H groups in total. The third kappa shape index (κ3) is 2.56. The Bertz CT molecular complexity index is 473. The highest BCUT2D eigenvalue weighted by Gasteiger charge is 2.41. The Hall–Kier alpha value is -0.570. The van der Waals surface area contributed by atoms with Crippen LogP contribution in [-0.2, 0) is 15.3 Å². The molecule has 1 aromatic carbocycles. The first-order valence-corrected chi connectivity index (χ1v) is 6.97. The molecule has 0 saturated heterocycles. The quantitative estimate of drug-likeness (QED) is 0.723. The molecule has 1 aliphatic rings. The second kappa shape index (κ2) is 5.60. The van der Waals surface area contributed by atoms with Gasteiger partial charge in [0.1, 0.15) is 17.9 Å². The molecule has 2 nitrogen and oxygen atoms in total. The minimum absolute atomic E-state index is 0.151. The smallest absolute Gasteiger partial charge is 0.292 e. The van der Waals surface area contributed by atoms with E-state index in [1.54, 1.807) is 24.5 Å². The van der Waals surface area contributed by atoms with Crippen molar-refractivity contribution in [3.05, 3.63) is 45.8 Å². The molecule has 0 amide bonds. The maximum Gasteiger partial charge on any atom is 0.292 e. The summed E-state index contributed by atoms with van der Waals surface area (Å²) in [5.74, 6) is -0.102. The number of alkyl halides is 1. The van der Waals surface area contributed by atoms with Gasteiger partial charge in [0.2, 0.25) is 0 Å². The predicted molar refractivity (Wildman–Crippen MR) is 74.0 cm³/mol. The van der Waals surface area contributed by atoms with Gasteiger partial charge in [0, 0.05) is 11.4 Å². The third-order valence-corrected chi connectivity index (χ3v) is 3.59. The van der Waals surface area contributed by atoms with Gasteiger partial charge < -0.3 is 9.47 Å². The predicted octanol–water partition coefficient (Wildman–Crippen LogP) is 5.07. The lowest BCUT2D eigenvalue weighted by Crippen LogP contribution is -2.30. The molecule has 0 bridgehead atoms. The molecule has 0 spiro atoms. The van der Waals surface area contributed by atoms with Crippen LogP contribution in [0.1, 0.15) is 25.3 Å². The number of ether oxygens (including phenoxy) is 2. The summed E-state index contributed by atoms with van der Waals surface area (Å²) in [4.78, 5) is 0. The molecule has 2 rings (SSSR count). The Kier molecular flexibility index (Phi) is 4.31. The fourth-order valence-corrected chi connectivity index (χ4v) is 2.64.